The Bertz CT molecular complexity index is 1030. The predicted molar refractivity (Wildman–Crippen MR) is 92.5 cm³/mol. The molecule has 6 nitrogen and oxygen atoms in total. The van der Waals surface area contributed by atoms with Crippen molar-refractivity contribution in [1.82, 2.24) is 4.98 Å². The first kappa shape index (κ1) is 18.2. The summed E-state index contributed by atoms with van der Waals surface area (Å²) in [5.74, 6) is -2.00. The molecule has 0 amide bonds. The van der Waals surface area contributed by atoms with E-state index < -0.39 is 23.0 Å². The summed E-state index contributed by atoms with van der Waals surface area (Å²) in [5, 5.41) is 8.74. The van der Waals surface area contributed by atoms with Crippen molar-refractivity contribution in [2.45, 2.75) is 18.9 Å². The molecule has 8 heteroatoms. The molecule has 0 bridgehead atoms. The highest BCUT2D eigenvalue weighted by molar-refractivity contribution is 5.96. The van der Waals surface area contributed by atoms with Gasteiger partial charge < -0.3 is 10.5 Å². The van der Waals surface area contributed by atoms with Gasteiger partial charge in [-0.1, -0.05) is 6.07 Å². The van der Waals surface area contributed by atoms with Crippen LogP contribution in [-0.2, 0) is 16.7 Å². The second kappa shape index (κ2) is 6.96. The van der Waals surface area contributed by atoms with Crippen LogP contribution in [0.4, 0.5) is 8.78 Å². The molecule has 0 aliphatic carbocycles. The molecule has 1 atom stereocenters. The van der Waals surface area contributed by atoms with Gasteiger partial charge in [-0.15, -0.1) is 0 Å². The summed E-state index contributed by atoms with van der Waals surface area (Å²) in [6.45, 7) is 1.64. The quantitative estimate of drug-likeness (QED) is 0.836. The number of hydrogen-bond donors (Lipinski definition) is 1. The van der Waals surface area contributed by atoms with E-state index in [1.54, 1.807) is 13.0 Å². The van der Waals surface area contributed by atoms with Crippen LogP contribution < -0.4 is 5.73 Å². The molecule has 136 valence electrons. The van der Waals surface area contributed by atoms with Gasteiger partial charge >= 0.3 is 0 Å². The molecule has 2 N–H and O–H groups in total. The summed E-state index contributed by atoms with van der Waals surface area (Å²) in [7, 11) is 0. The molecule has 0 radical (unpaired) electrons. The Labute approximate surface area is 153 Å². The van der Waals surface area contributed by atoms with Gasteiger partial charge in [-0.2, -0.15) is 5.26 Å². The number of hydrogen-bond acceptors (Lipinski definition) is 6. The van der Waals surface area contributed by atoms with E-state index in [1.165, 1.54) is 30.5 Å². The van der Waals surface area contributed by atoms with Crippen LogP contribution in [0.15, 0.2) is 47.8 Å². The number of nitrogens with two attached hydrogens (primary N) is 1. The number of aromatic nitrogens is 1. The lowest BCUT2D eigenvalue weighted by Gasteiger charge is -2.25. The highest BCUT2D eigenvalue weighted by atomic mass is 19.1. The Balaban J connectivity index is 1.91. The third-order valence-electron chi connectivity index (χ3n) is 4.10. The van der Waals surface area contributed by atoms with Crippen LogP contribution in [0.5, 0.6) is 0 Å². The van der Waals surface area contributed by atoms with Crippen molar-refractivity contribution in [3.63, 3.8) is 0 Å². The predicted octanol–water partition coefficient (Wildman–Crippen LogP) is 2.73. The highest BCUT2D eigenvalue weighted by Crippen LogP contribution is 2.32. The van der Waals surface area contributed by atoms with Gasteiger partial charge in [0.05, 0.1) is 11.8 Å². The fourth-order valence-electron chi connectivity index (χ4n) is 2.72. The van der Waals surface area contributed by atoms with E-state index in [9.17, 15) is 13.6 Å². The maximum absolute atomic E-state index is 14.4. The molecule has 0 spiro atoms. The minimum absolute atomic E-state index is 0.0165. The largest absolute Gasteiger partial charge is 0.434 e. The van der Waals surface area contributed by atoms with E-state index in [1.807, 2.05) is 0 Å². The molecular weight excluding hydrogens is 354 g/mol. The molecule has 1 aliphatic heterocycles. The van der Waals surface area contributed by atoms with Gasteiger partial charge in [-0.25, -0.2) is 18.8 Å². The van der Waals surface area contributed by atoms with Crippen LogP contribution in [-0.4, -0.2) is 16.8 Å². The number of carbonyl (C=O) groups is 1. The van der Waals surface area contributed by atoms with Crippen LogP contribution >= 0.6 is 0 Å². The number of rotatable bonds is 4. The van der Waals surface area contributed by atoms with Gasteiger partial charge in [0.15, 0.2) is 11.6 Å². The van der Waals surface area contributed by atoms with Gasteiger partial charge in [0.1, 0.15) is 23.1 Å². The lowest BCUT2D eigenvalue weighted by atomic mass is 9.89. The zero-order valence-corrected chi connectivity index (χ0v) is 14.2. The smallest absolute Gasteiger partial charge is 0.288 e. The van der Waals surface area contributed by atoms with Crippen LogP contribution in [0.2, 0.25) is 0 Å². The normalized spacial score (nSPS) is 18.4. The zero-order chi connectivity index (χ0) is 19.6. The topological polar surface area (TPSA) is 101 Å². The maximum atomic E-state index is 14.4. The Morgan fingerprint density at radius 3 is 2.78 bits per heavy atom. The number of pyridine rings is 1. The van der Waals surface area contributed by atoms with Crippen LogP contribution in [0, 0.1) is 23.0 Å². The van der Waals surface area contributed by atoms with Crippen molar-refractivity contribution in [1.29, 1.82) is 5.26 Å². The van der Waals surface area contributed by atoms with Crippen molar-refractivity contribution in [2.24, 2.45) is 10.7 Å². The van der Waals surface area contributed by atoms with E-state index in [4.69, 9.17) is 15.7 Å². The zero-order valence-electron chi connectivity index (χ0n) is 14.2. The van der Waals surface area contributed by atoms with Crippen LogP contribution in [0.3, 0.4) is 0 Å². The van der Waals surface area contributed by atoms with E-state index in [2.05, 4.69) is 9.98 Å². The fraction of sp³-hybridized carbons (Fsp3) is 0.158. The lowest BCUT2D eigenvalue weighted by Crippen LogP contribution is -2.28. The third kappa shape index (κ3) is 3.67. The van der Waals surface area contributed by atoms with Gasteiger partial charge in [-0.3, -0.25) is 4.79 Å². The number of nitriles is 1. The van der Waals surface area contributed by atoms with Crippen molar-refractivity contribution in [3.8, 4) is 6.07 Å². The number of benzene rings is 1. The summed E-state index contributed by atoms with van der Waals surface area (Å²) in [6.07, 6.45) is 3.78. The Kier molecular flexibility index (Phi) is 4.69. The summed E-state index contributed by atoms with van der Waals surface area (Å²) in [6, 6.07) is 6.70. The Morgan fingerprint density at radius 2 is 2.11 bits per heavy atom. The number of Topliss-reactive ketones (excluding diaryl/α,β-unsaturated/α-hetero) is 1. The van der Waals surface area contributed by atoms with Crippen LogP contribution in [0.1, 0.15) is 34.1 Å². The molecule has 0 fully saturated rings. The van der Waals surface area contributed by atoms with E-state index in [0.29, 0.717) is 5.56 Å². The van der Waals surface area contributed by atoms with Crippen molar-refractivity contribution < 1.29 is 18.3 Å². The molecule has 0 unspecified atom stereocenters. The van der Waals surface area contributed by atoms with Gasteiger partial charge in [0.25, 0.3) is 6.02 Å². The fourth-order valence-corrected chi connectivity index (χ4v) is 2.72. The first-order valence-electron chi connectivity index (χ1n) is 7.90. The van der Waals surface area contributed by atoms with E-state index in [0.717, 1.165) is 12.3 Å². The molecule has 1 aliphatic rings. The number of aliphatic imine (C=N–C) groups is 1. The Morgan fingerprint density at radius 1 is 1.33 bits per heavy atom. The minimum Gasteiger partial charge on any atom is -0.434 e. The lowest BCUT2D eigenvalue weighted by molar-refractivity contribution is 0.0984. The summed E-state index contributed by atoms with van der Waals surface area (Å²) in [4.78, 5) is 20.2. The highest BCUT2D eigenvalue weighted by Gasteiger charge is 2.30. The number of amidine groups is 1. The van der Waals surface area contributed by atoms with E-state index in [-0.39, 0.29) is 29.3 Å². The van der Waals surface area contributed by atoms with Gasteiger partial charge in [0, 0.05) is 18.2 Å². The number of halogens is 2. The number of ketones is 1. The molecule has 0 saturated carbocycles. The molecule has 0 saturated heterocycles. The average molecular weight is 368 g/mol. The van der Waals surface area contributed by atoms with Crippen molar-refractivity contribution in [2.75, 3.05) is 0 Å². The molecule has 3 rings (SSSR count). The van der Waals surface area contributed by atoms with Gasteiger partial charge in [-0.05, 0) is 36.8 Å². The molecule has 2 heterocycles. The first-order chi connectivity index (χ1) is 12.8. The molecule has 1 aromatic carbocycles. The van der Waals surface area contributed by atoms with Crippen LogP contribution in [0.25, 0.3) is 0 Å². The van der Waals surface area contributed by atoms with Crippen molar-refractivity contribution in [3.05, 3.63) is 76.8 Å². The summed E-state index contributed by atoms with van der Waals surface area (Å²) >= 11 is 0. The molecule has 1 aromatic heterocycles. The SMILES string of the molecule is C[C@@]1(c2cc(CC(=O)c3ncc(C#N)cc3F)ccc2F)C=COC(N)=N1. The minimum atomic E-state index is -1.09. The number of ether oxygens (including phenoxy) is 1. The Hall–Kier alpha value is -3.60. The van der Waals surface area contributed by atoms with E-state index >= 15 is 0 Å². The average Bonchev–Trinajstić information content (AvgIpc) is 2.62. The molecule has 2 aromatic rings. The molecule has 27 heavy (non-hydrogen) atoms. The molecular formula is C19H14F2N4O2. The van der Waals surface area contributed by atoms with Gasteiger partial charge in [0.2, 0.25) is 0 Å². The second-order valence-corrected chi connectivity index (χ2v) is 6.10. The standard InChI is InChI=1S/C19H14F2N4O2/c1-19(4-5-27-18(23)25-19)13-6-11(2-3-14(13)20)8-16(26)17-15(21)7-12(9-22)10-24-17/h2-7,10H,8H2,1H3,(H2,23,25)/t19-/m0/s1. The third-order valence-corrected chi connectivity index (χ3v) is 4.10. The first-order valence-corrected chi connectivity index (χ1v) is 7.90. The van der Waals surface area contributed by atoms with Crippen molar-refractivity contribution >= 4 is 11.8 Å². The maximum Gasteiger partial charge on any atom is 0.288 e. The second-order valence-electron chi connectivity index (χ2n) is 6.10. The summed E-state index contributed by atoms with van der Waals surface area (Å²) < 4.78 is 33.3. The monoisotopic (exact) mass is 368 g/mol. The number of nitrogens with zero attached hydrogens (tertiary/aromatic N) is 3. The summed E-state index contributed by atoms with van der Waals surface area (Å²) in [5.41, 5.74) is 4.76. The number of carbonyl (C=O) groups excluding carboxylic acids is 1.